The number of ether oxygens (including phenoxy) is 2. The average molecular weight is 297 g/mol. The second-order valence-electron chi connectivity index (χ2n) is 5.54. The lowest BCUT2D eigenvalue weighted by molar-refractivity contribution is -0.139. The lowest BCUT2D eigenvalue weighted by Crippen LogP contribution is -2.04. The van der Waals surface area contributed by atoms with Crippen molar-refractivity contribution in [1.29, 1.82) is 0 Å². The highest BCUT2D eigenvalue weighted by Gasteiger charge is 2.43. The summed E-state index contributed by atoms with van der Waals surface area (Å²) >= 11 is 6.16. The van der Waals surface area contributed by atoms with Crippen molar-refractivity contribution in [2.24, 2.45) is 11.8 Å². The minimum atomic E-state index is -0.719. The molecule has 0 aromatic heterocycles. The van der Waals surface area contributed by atoms with Crippen LogP contribution in [0.4, 0.5) is 0 Å². The van der Waals surface area contributed by atoms with Gasteiger partial charge in [-0.25, -0.2) is 0 Å². The highest BCUT2D eigenvalue weighted by atomic mass is 35.5. The maximum atomic E-state index is 10.7. The molecular formula is C15H17ClO4. The van der Waals surface area contributed by atoms with Crippen molar-refractivity contribution in [3.05, 3.63) is 28.8 Å². The SMILES string of the molecule is O=C(O)[C@H]1C[C@@H]1COCc1ccc(OC2CC2)c(Cl)c1. The standard InChI is InChI=1S/C15H17ClO4/c16-13-5-9(1-4-14(13)20-11-2-3-11)7-19-8-10-6-12(10)15(17)18/h1,4-5,10-12H,2-3,6-8H2,(H,17,18)/t10-,12+/m1/s1. The fourth-order valence-corrected chi connectivity index (χ4v) is 2.41. The van der Waals surface area contributed by atoms with Crippen molar-refractivity contribution in [3.8, 4) is 5.75 Å². The lowest BCUT2D eigenvalue weighted by atomic mass is 10.2. The molecule has 2 fully saturated rings. The molecular weight excluding hydrogens is 280 g/mol. The van der Waals surface area contributed by atoms with E-state index in [1.165, 1.54) is 0 Å². The van der Waals surface area contributed by atoms with Crippen molar-refractivity contribution in [1.82, 2.24) is 0 Å². The Morgan fingerprint density at radius 1 is 1.40 bits per heavy atom. The molecule has 1 N–H and O–H groups in total. The van der Waals surface area contributed by atoms with E-state index in [9.17, 15) is 4.79 Å². The van der Waals surface area contributed by atoms with Gasteiger partial charge in [-0.2, -0.15) is 0 Å². The molecule has 0 heterocycles. The number of carbonyl (C=O) groups is 1. The molecule has 5 heteroatoms. The van der Waals surface area contributed by atoms with E-state index in [0.717, 1.165) is 30.6 Å². The molecule has 1 aromatic rings. The molecule has 108 valence electrons. The summed E-state index contributed by atoms with van der Waals surface area (Å²) in [4.78, 5) is 10.7. The van der Waals surface area contributed by atoms with Crippen LogP contribution < -0.4 is 4.74 Å². The molecule has 1 aromatic carbocycles. The Kier molecular flexibility index (Phi) is 3.85. The third-order valence-electron chi connectivity index (χ3n) is 3.65. The fourth-order valence-electron chi connectivity index (χ4n) is 2.16. The molecule has 4 nitrogen and oxygen atoms in total. The minimum absolute atomic E-state index is 0.167. The van der Waals surface area contributed by atoms with Crippen molar-refractivity contribution >= 4 is 17.6 Å². The van der Waals surface area contributed by atoms with Gasteiger partial charge in [0.15, 0.2) is 0 Å². The molecule has 0 unspecified atom stereocenters. The molecule has 2 saturated carbocycles. The highest BCUT2D eigenvalue weighted by Crippen LogP contribution is 2.39. The van der Waals surface area contributed by atoms with E-state index >= 15 is 0 Å². The Labute approximate surface area is 122 Å². The fraction of sp³-hybridized carbons (Fsp3) is 0.533. The maximum Gasteiger partial charge on any atom is 0.306 e. The number of carboxylic acid groups (broad SMARTS) is 1. The Balaban J connectivity index is 1.45. The molecule has 2 aliphatic carbocycles. The van der Waals surface area contributed by atoms with Crippen molar-refractivity contribution in [3.63, 3.8) is 0 Å². The molecule has 0 bridgehead atoms. The van der Waals surface area contributed by atoms with Gasteiger partial charge in [0.1, 0.15) is 5.75 Å². The zero-order valence-electron chi connectivity index (χ0n) is 11.0. The summed E-state index contributed by atoms with van der Waals surface area (Å²) < 4.78 is 11.2. The summed E-state index contributed by atoms with van der Waals surface area (Å²) in [6.07, 6.45) is 3.27. The molecule has 0 saturated heterocycles. The molecule has 0 amide bonds. The van der Waals surface area contributed by atoms with Crippen LogP contribution in [0.15, 0.2) is 18.2 Å². The van der Waals surface area contributed by atoms with Crippen molar-refractivity contribution in [2.45, 2.75) is 32.0 Å². The summed E-state index contributed by atoms with van der Waals surface area (Å²) in [7, 11) is 0. The first-order valence-electron chi connectivity index (χ1n) is 6.89. The number of hydrogen-bond acceptors (Lipinski definition) is 3. The Morgan fingerprint density at radius 2 is 2.20 bits per heavy atom. The predicted molar refractivity (Wildman–Crippen MR) is 74.0 cm³/mol. The Hall–Kier alpha value is -1.26. The van der Waals surface area contributed by atoms with Gasteiger partial charge in [0, 0.05) is 0 Å². The van der Waals surface area contributed by atoms with Gasteiger partial charge < -0.3 is 14.6 Å². The van der Waals surface area contributed by atoms with Crippen LogP contribution in [0.5, 0.6) is 5.75 Å². The Morgan fingerprint density at radius 3 is 2.80 bits per heavy atom. The summed E-state index contributed by atoms with van der Waals surface area (Å²) in [6, 6.07) is 5.66. The second-order valence-corrected chi connectivity index (χ2v) is 5.94. The van der Waals surface area contributed by atoms with Crippen LogP contribution in [0.1, 0.15) is 24.8 Å². The summed E-state index contributed by atoms with van der Waals surface area (Å²) in [5.74, 6) is -0.0392. The summed E-state index contributed by atoms with van der Waals surface area (Å²) in [5, 5.41) is 9.40. The van der Waals surface area contributed by atoms with E-state index in [4.69, 9.17) is 26.2 Å². The molecule has 0 radical (unpaired) electrons. The van der Waals surface area contributed by atoms with E-state index in [1.54, 1.807) is 0 Å². The number of carboxylic acids is 1. The van der Waals surface area contributed by atoms with E-state index < -0.39 is 5.97 Å². The zero-order valence-corrected chi connectivity index (χ0v) is 11.8. The maximum absolute atomic E-state index is 10.7. The van der Waals surface area contributed by atoms with Crippen LogP contribution in [-0.2, 0) is 16.1 Å². The van der Waals surface area contributed by atoms with Gasteiger partial charge in [-0.15, -0.1) is 0 Å². The van der Waals surface area contributed by atoms with E-state index in [-0.39, 0.29) is 11.8 Å². The van der Waals surface area contributed by atoms with E-state index in [1.807, 2.05) is 18.2 Å². The average Bonchev–Trinajstić information content (AvgIpc) is 3.27. The first-order valence-corrected chi connectivity index (χ1v) is 7.27. The lowest BCUT2D eigenvalue weighted by Gasteiger charge is -2.09. The summed E-state index contributed by atoms with van der Waals surface area (Å²) in [5.41, 5.74) is 0.977. The van der Waals surface area contributed by atoms with Gasteiger partial charge in [-0.1, -0.05) is 17.7 Å². The van der Waals surface area contributed by atoms with Gasteiger partial charge in [0.05, 0.1) is 30.3 Å². The molecule has 3 rings (SSSR count). The van der Waals surface area contributed by atoms with Crippen molar-refractivity contribution in [2.75, 3.05) is 6.61 Å². The quantitative estimate of drug-likeness (QED) is 0.840. The first-order chi connectivity index (χ1) is 9.63. The predicted octanol–water partition coefficient (Wildman–Crippen LogP) is 3.12. The van der Waals surface area contributed by atoms with E-state index in [2.05, 4.69) is 0 Å². The Bertz CT molecular complexity index is 513. The normalized spacial score (nSPS) is 24.4. The zero-order chi connectivity index (χ0) is 14.1. The molecule has 2 atom stereocenters. The van der Waals surface area contributed by atoms with Crippen LogP contribution in [0.2, 0.25) is 5.02 Å². The van der Waals surface area contributed by atoms with Crippen LogP contribution in [0.25, 0.3) is 0 Å². The first kappa shape index (κ1) is 13.7. The van der Waals surface area contributed by atoms with Gasteiger partial charge in [0.2, 0.25) is 0 Å². The smallest absolute Gasteiger partial charge is 0.306 e. The van der Waals surface area contributed by atoms with Gasteiger partial charge >= 0.3 is 5.97 Å². The van der Waals surface area contributed by atoms with Crippen molar-refractivity contribution < 1.29 is 19.4 Å². The number of aliphatic carboxylic acids is 1. The van der Waals surface area contributed by atoms with Crippen LogP contribution >= 0.6 is 11.6 Å². The van der Waals surface area contributed by atoms with Crippen LogP contribution in [0, 0.1) is 11.8 Å². The van der Waals surface area contributed by atoms with E-state index in [0.29, 0.717) is 24.3 Å². The highest BCUT2D eigenvalue weighted by molar-refractivity contribution is 6.32. The number of benzene rings is 1. The second kappa shape index (κ2) is 5.62. The van der Waals surface area contributed by atoms with Crippen LogP contribution in [-0.4, -0.2) is 23.8 Å². The molecule has 2 aliphatic rings. The minimum Gasteiger partial charge on any atom is -0.489 e. The van der Waals surface area contributed by atoms with Gasteiger partial charge in [-0.05, 0) is 42.9 Å². The molecule has 0 aliphatic heterocycles. The van der Waals surface area contributed by atoms with Crippen LogP contribution in [0.3, 0.4) is 0 Å². The van der Waals surface area contributed by atoms with Gasteiger partial charge in [0.25, 0.3) is 0 Å². The molecule has 20 heavy (non-hydrogen) atoms. The third kappa shape index (κ3) is 3.44. The summed E-state index contributed by atoms with van der Waals surface area (Å²) in [6.45, 7) is 0.946. The number of hydrogen-bond donors (Lipinski definition) is 1. The van der Waals surface area contributed by atoms with Gasteiger partial charge in [-0.3, -0.25) is 4.79 Å². The molecule has 0 spiro atoms. The largest absolute Gasteiger partial charge is 0.489 e. The monoisotopic (exact) mass is 296 g/mol. The number of rotatable bonds is 7. The third-order valence-corrected chi connectivity index (χ3v) is 3.95. The number of halogens is 1. The topological polar surface area (TPSA) is 55.8 Å².